The predicted molar refractivity (Wildman–Crippen MR) is 86.8 cm³/mol. The molecule has 0 unspecified atom stereocenters. The molecule has 0 amide bonds. The fourth-order valence-electron chi connectivity index (χ4n) is 2.27. The molecule has 2 heterocycles. The van der Waals surface area contributed by atoms with Crippen LogP contribution in [0.2, 0.25) is 0 Å². The largest absolute Gasteiger partial charge is 0.485 e. The summed E-state index contributed by atoms with van der Waals surface area (Å²) in [5.41, 5.74) is 9.43. The molecule has 108 valence electrons. The number of hydrogen-bond donors (Lipinski definition) is 1. The number of rotatable bonds is 3. The fourth-order valence-corrected chi connectivity index (χ4v) is 3.06. The van der Waals surface area contributed by atoms with Crippen molar-refractivity contribution in [2.24, 2.45) is 0 Å². The van der Waals surface area contributed by atoms with Crippen LogP contribution in [-0.4, -0.2) is 9.97 Å². The Labute approximate surface area is 127 Å². The van der Waals surface area contributed by atoms with E-state index in [1.54, 1.807) is 11.3 Å². The molecular weight excluding hydrogens is 282 g/mol. The second-order valence-corrected chi connectivity index (χ2v) is 6.00. The van der Waals surface area contributed by atoms with E-state index in [-0.39, 0.29) is 0 Å². The van der Waals surface area contributed by atoms with E-state index < -0.39 is 0 Å². The lowest BCUT2D eigenvalue weighted by Crippen LogP contribution is -2.06. The number of nitrogens with zero attached hydrogens (tertiary/aromatic N) is 2. The number of aromatic nitrogens is 2. The van der Waals surface area contributed by atoms with Gasteiger partial charge in [-0.1, -0.05) is 12.1 Å². The van der Waals surface area contributed by atoms with Crippen LogP contribution in [0, 0.1) is 20.8 Å². The normalized spacial score (nSPS) is 11.0. The fraction of sp³-hybridized carbons (Fsp3) is 0.250. The number of benzene rings is 1. The third-order valence-corrected chi connectivity index (χ3v) is 4.43. The van der Waals surface area contributed by atoms with E-state index in [0.717, 1.165) is 27.1 Å². The van der Waals surface area contributed by atoms with Gasteiger partial charge in [0.1, 0.15) is 23.0 Å². The molecule has 0 saturated carbocycles. The van der Waals surface area contributed by atoms with Crippen LogP contribution in [0.4, 0.5) is 5.82 Å². The molecule has 0 saturated heterocycles. The molecule has 0 spiro atoms. The van der Waals surface area contributed by atoms with Crippen molar-refractivity contribution in [3.05, 3.63) is 46.1 Å². The van der Waals surface area contributed by atoms with Crippen LogP contribution >= 0.6 is 11.3 Å². The molecule has 0 atom stereocenters. The maximum atomic E-state index is 5.95. The highest BCUT2D eigenvalue weighted by molar-refractivity contribution is 7.16. The molecule has 0 bridgehead atoms. The molecule has 2 aromatic heterocycles. The summed E-state index contributed by atoms with van der Waals surface area (Å²) < 4.78 is 5.94. The van der Waals surface area contributed by atoms with E-state index in [1.807, 2.05) is 18.4 Å². The van der Waals surface area contributed by atoms with Crippen molar-refractivity contribution in [1.82, 2.24) is 9.97 Å². The van der Waals surface area contributed by atoms with Gasteiger partial charge in [0.2, 0.25) is 0 Å². The summed E-state index contributed by atoms with van der Waals surface area (Å²) in [4.78, 5) is 9.72. The summed E-state index contributed by atoms with van der Waals surface area (Å²) in [6.45, 7) is 6.51. The van der Waals surface area contributed by atoms with Gasteiger partial charge in [-0.2, -0.15) is 0 Å². The number of nitrogen functional groups attached to an aromatic ring is 1. The number of hydrogen-bond acceptors (Lipinski definition) is 5. The Morgan fingerprint density at radius 3 is 2.67 bits per heavy atom. The number of fused-ring (bicyclic) bond motifs is 1. The lowest BCUT2D eigenvalue weighted by molar-refractivity contribution is 0.292. The van der Waals surface area contributed by atoms with Gasteiger partial charge in [-0.05, 0) is 48.9 Å². The van der Waals surface area contributed by atoms with Crippen LogP contribution in [0.1, 0.15) is 22.5 Å². The Morgan fingerprint density at radius 2 is 1.86 bits per heavy atom. The van der Waals surface area contributed by atoms with Crippen LogP contribution in [0.5, 0.6) is 5.75 Å². The van der Waals surface area contributed by atoms with E-state index in [1.165, 1.54) is 5.56 Å². The standard InChI is InChI=1S/C16H17N3OS/c1-9-4-5-10(2)14(11(9)3)20-8-13-18-15(17)12-6-7-21-16(12)19-13/h4-7H,8H2,1-3H3,(H2,17,18,19). The Balaban J connectivity index is 1.88. The summed E-state index contributed by atoms with van der Waals surface area (Å²) in [7, 11) is 0. The Kier molecular flexibility index (Phi) is 3.51. The molecule has 3 aromatic rings. The zero-order chi connectivity index (χ0) is 15.0. The first kappa shape index (κ1) is 13.8. The quantitative estimate of drug-likeness (QED) is 0.799. The predicted octanol–water partition coefficient (Wildman–Crippen LogP) is 3.78. The summed E-state index contributed by atoms with van der Waals surface area (Å²) in [6.07, 6.45) is 0. The molecule has 4 nitrogen and oxygen atoms in total. The molecule has 0 aliphatic heterocycles. The average molecular weight is 299 g/mol. The SMILES string of the molecule is Cc1ccc(C)c(OCc2nc(N)c3ccsc3n2)c1C. The molecule has 5 heteroatoms. The zero-order valence-corrected chi connectivity index (χ0v) is 13.1. The molecule has 21 heavy (non-hydrogen) atoms. The highest BCUT2D eigenvalue weighted by Crippen LogP contribution is 2.27. The molecular formula is C16H17N3OS. The van der Waals surface area contributed by atoms with Gasteiger partial charge in [0.15, 0.2) is 5.82 Å². The zero-order valence-electron chi connectivity index (χ0n) is 12.3. The van der Waals surface area contributed by atoms with Gasteiger partial charge in [-0.15, -0.1) is 11.3 Å². The topological polar surface area (TPSA) is 61.0 Å². The Bertz CT molecular complexity index is 811. The van der Waals surface area contributed by atoms with Crippen molar-refractivity contribution in [2.45, 2.75) is 27.4 Å². The third-order valence-electron chi connectivity index (χ3n) is 3.62. The number of ether oxygens (including phenoxy) is 1. The first-order chi connectivity index (χ1) is 10.1. The van der Waals surface area contributed by atoms with Crippen molar-refractivity contribution >= 4 is 27.4 Å². The molecule has 0 aliphatic carbocycles. The first-order valence-electron chi connectivity index (χ1n) is 6.75. The van der Waals surface area contributed by atoms with Crippen molar-refractivity contribution in [1.29, 1.82) is 0 Å². The van der Waals surface area contributed by atoms with Gasteiger partial charge in [-0.25, -0.2) is 9.97 Å². The summed E-state index contributed by atoms with van der Waals surface area (Å²) in [5, 5.41) is 2.88. The number of anilines is 1. The van der Waals surface area contributed by atoms with E-state index in [4.69, 9.17) is 10.5 Å². The van der Waals surface area contributed by atoms with E-state index >= 15 is 0 Å². The minimum Gasteiger partial charge on any atom is -0.485 e. The summed E-state index contributed by atoms with van der Waals surface area (Å²) in [5.74, 6) is 2.03. The van der Waals surface area contributed by atoms with Crippen LogP contribution in [0.15, 0.2) is 23.6 Å². The van der Waals surface area contributed by atoms with Crippen molar-refractivity contribution in [3.63, 3.8) is 0 Å². The minimum absolute atomic E-state index is 0.323. The maximum absolute atomic E-state index is 5.95. The number of nitrogens with two attached hydrogens (primary N) is 1. The summed E-state index contributed by atoms with van der Waals surface area (Å²) >= 11 is 1.56. The van der Waals surface area contributed by atoms with Crippen LogP contribution in [0.3, 0.4) is 0 Å². The molecule has 3 rings (SSSR count). The Morgan fingerprint density at radius 1 is 1.10 bits per heavy atom. The van der Waals surface area contributed by atoms with Crippen molar-refractivity contribution in [3.8, 4) is 5.75 Å². The van der Waals surface area contributed by atoms with Crippen LogP contribution < -0.4 is 10.5 Å². The molecule has 0 aliphatic rings. The van der Waals surface area contributed by atoms with Gasteiger partial charge >= 0.3 is 0 Å². The van der Waals surface area contributed by atoms with Crippen LogP contribution in [-0.2, 0) is 6.61 Å². The van der Waals surface area contributed by atoms with Gasteiger partial charge in [-0.3, -0.25) is 0 Å². The Hall–Kier alpha value is -2.14. The first-order valence-corrected chi connectivity index (χ1v) is 7.63. The van der Waals surface area contributed by atoms with Gasteiger partial charge < -0.3 is 10.5 Å². The van der Waals surface area contributed by atoms with Crippen molar-refractivity contribution < 1.29 is 4.74 Å². The summed E-state index contributed by atoms with van der Waals surface area (Å²) in [6, 6.07) is 6.11. The van der Waals surface area contributed by atoms with Gasteiger partial charge in [0.05, 0.1) is 5.39 Å². The minimum atomic E-state index is 0.323. The van der Waals surface area contributed by atoms with Crippen molar-refractivity contribution in [2.75, 3.05) is 5.73 Å². The second-order valence-electron chi connectivity index (χ2n) is 5.11. The lowest BCUT2D eigenvalue weighted by Gasteiger charge is -2.13. The maximum Gasteiger partial charge on any atom is 0.169 e. The van der Waals surface area contributed by atoms with Gasteiger partial charge in [0.25, 0.3) is 0 Å². The molecule has 0 fully saturated rings. The number of aryl methyl sites for hydroxylation is 2. The second kappa shape index (κ2) is 5.33. The molecule has 2 N–H and O–H groups in total. The highest BCUT2D eigenvalue weighted by Gasteiger charge is 2.10. The van der Waals surface area contributed by atoms with Crippen LogP contribution in [0.25, 0.3) is 10.2 Å². The smallest absolute Gasteiger partial charge is 0.169 e. The monoisotopic (exact) mass is 299 g/mol. The number of thiophene rings is 1. The van der Waals surface area contributed by atoms with Gasteiger partial charge in [0, 0.05) is 0 Å². The van der Waals surface area contributed by atoms with E-state index in [9.17, 15) is 0 Å². The average Bonchev–Trinajstić information content (AvgIpc) is 2.92. The third kappa shape index (κ3) is 2.56. The van der Waals surface area contributed by atoms with E-state index in [0.29, 0.717) is 18.2 Å². The molecule has 1 aromatic carbocycles. The van der Waals surface area contributed by atoms with E-state index in [2.05, 4.69) is 35.9 Å². The molecule has 0 radical (unpaired) electrons. The lowest BCUT2D eigenvalue weighted by atomic mass is 10.1. The highest BCUT2D eigenvalue weighted by atomic mass is 32.1.